The Hall–Kier alpha value is -2.99. The fraction of sp³-hybridized carbons (Fsp3) is 0.391. The minimum Gasteiger partial charge on any atom is -0.465 e. The number of nitrogens with zero attached hydrogens (tertiary/aromatic N) is 2. The highest BCUT2D eigenvalue weighted by Crippen LogP contribution is 2.28. The lowest BCUT2D eigenvalue weighted by Crippen LogP contribution is -2.41. The largest absolute Gasteiger partial charge is 0.465 e. The Morgan fingerprint density at radius 3 is 2.29 bits per heavy atom. The van der Waals surface area contributed by atoms with Gasteiger partial charge in [-0.25, -0.2) is 13.2 Å². The maximum absolute atomic E-state index is 13.4. The van der Waals surface area contributed by atoms with E-state index in [9.17, 15) is 18.0 Å². The summed E-state index contributed by atoms with van der Waals surface area (Å²) in [7, 11) is -2.51. The van der Waals surface area contributed by atoms with Crippen molar-refractivity contribution in [1.29, 1.82) is 0 Å². The van der Waals surface area contributed by atoms with Gasteiger partial charge in [0.2, 0.25) is 10.0 Å². The summed E-state index contributed by atoms with van der Waals surface area (Å²) in [5, 5.41) is 2.78. The van der Waals surface area contributed by atoms with Gasteiger partial charge in [-0.15, -0.1) is 0 Å². The van der Waals surface area contributed by atoms with E-state index in [0.29, 0.717) is 50.9 Å². The maximum atomic E-state index is 13.4. The number of rotatable bonds is 6. The predicted octanol–water partition coefficient (Wildman–Crippen LogP) is 1.58. The number of methoxy groups -OCH3 is 1. The van der Waals surface area contributed by atoms with Crippen molar-refractivity contribution >= 4 is 33.3 Å². The van der Waals surface area contributed by atoms with Crippen LogP contribution >= 0.6 is 0 Å². The summed E-state index contributed by atoms with van der Waals surface area (Å²) >= 11 is 0. The van der Waals surface area contributed by atoms with Gasteiger partial charge in [-0.2, -0.15) is 4.31 Å². The van der Waals surface area contributed by atoms with Crippen molar-refractivity contribution in [3.63, 3.8) is 0 Å². The van der Waals surface area contributed by atoms with E-state index in [1.54, 1.807) is 24.3 Å². The summed E-state index contributed by atoms with van der Waals surface area (Å²) < 4.78 is 43.2. The molecule has 2 aromatic carbocycles. The molecule has 34 heavy (non-hydrogen) atoms. The average Bonchev–Trinajstić information content (AvgIpc) is 2.89. The molecule has 2 aliphatic heterocycles. The zero-order chi connectivity index (χ0) is 24.1. The highest BCUT2D eigenvalue weighted by atomic mass is 32.2. The number of nitrogens with one attached hydrogen (secondary N) is 1. The lowest BCUT2D eigenvalue weighted by Gasteiger charge is -2.31. The number of carbonyl (C=O) groups is 2. The maximum Gasteiger partial charge on any atom is 0.337 e. The van der Waals surface area contributed by atoms with Gasteiger partial charge in [0.1, 0.15) is 0 Å². The quantitative estimate of drug-likeness (QED) is 0.609. The number of sulfonamides is 1. The minimum atomic E-state index is -3.79. The molecule has 0 radical (unpaired) electrons. The molecule has 0 saturated carbocycles. The highest BCUT2D eigenvalue weighted by Gasteiger charge is 2.29. The molecule has 0 atom stereocenters. The molecule has 0 spiro atoms. The van der Waals surface area contributed by atoms with Crippen molar-refractivity contribution in [2.45, 2.75) is 4.90 Å². The van der Waals surface area contributed by atoms with Crippen molar-refractivity contribution < 1.29 is 32.2 Å². The number of esters is 1. The Morgan fingerprint density at radius 1 is 0.941 bits per heavy atom. The van der Waals surface area contributed by atoms with Crippen LogP contribution < -0.4 is 10.2 Å². The van der Waals surface area contributed by atoms with E-state index in [0.717, 1.165) is 0 Å². The van der Waals surface area contributed by atoms with Gasteiger partial charge < -0.3 is 24.4 Å². The van der Waals surface area contributed by atoms with E-state index >= 15 is 0 Å². The van der Waals surface area contributed by atoms with Crippen LogP contribution in [0.15, 0.2) is 47.4 Å². The van der Waals surface area contributed by atoms with Crippen LogP contribution in [0.1, 0.15) is 20.7 Å². The van der Waals surface area contributed by atoms with Gasteiger partial charge in [-0.3, -0.25) is 4.79 Å². The van der Waals surface area contributed by atoms with Crippen LogP contribution in [0.3, 0.4) is 0 Å². The molecule has 1 amide bonds. The molecule has 2 fully saturated rings. The molecule has 4 rings (SSSR count). The molecular weight excluding hydrogens is 462 g/mol. The standard InChI is InChI=1S/C23H27N3O7S/c1-31-23(28)17-3-2-4-18(15-17)24-22(27)20-16-19(34(29,30)26-9-13-33-14-10-26)5-6-21(20)25-7-11-32-12-8-25/h2-6,15-16H,7-14H2,1H3,(H,24,27). The van der Waals surface area contributed by atoms with Crippen LogP contribution in [-0.4, -0.2) is 84.3 Å². The number of benzene rings is 2. The first kappa shape index (κ1) is 24.1. The summed E-state index contributed by atoms with van der Waals surface area (Å²) in [6.07, 6.45) is 0. The smallest absolute Gasteiger partial charge is 0.337 e. The number of anilines is 2. The molecule has 0 aliphatic carbocycles. The molecule has 0 aromatic heterocycles. The zero-order valence-corrected chi connectivity index (χ0v) is 19.7. The van der Waals surface area contributed by atoms with Gasteiger partial charge in [0.05, 0.1) is 49.6 Å². The van der Waals surface area contributed by atoms with Crippen LogP contribution in [-0.2, 0) is 24.2 Å². The average molecular weight is 490 g/mol. The summed E-state index contributed by atoms with van der Waals surface area (Å²) in [6.45, 7) is 3.35. The fourth-order valence-electron chi connectivity index (χ4n) is 3.91. The van der Waals surface area contributed by atoms with Gasteiger partial charge in [-0.1, -0.05) is 6.07 Å². The lowest BCUT2D eigenvalue weighted by atomic mass is 10.1. The summed E-state index contributed by atoms with van der Waals surface area (Å²) in [6, 6.07) is 11.0. The molecule has 1 N–H and O–H groups in total. The van der Waals surface area contributed by atoms with Gasteiger partial charge in [0, 0.05) is 37.6 Å². The number of amides is 1. The summed E-state index contributed by atoms with van der Waals surface area (Å²) in [5.41, 5.74) is 1.52. The normalized spacial score (nSPS) is 17.3. The van der Waals surface area contributed by atoms with Gasteiger partial charge in [0.15, 0.2) is 0 Å². The molecule has 2 saturated heterocycles. The molecule has 0 unspecified atom stereocenters. The van der Waals surface area contributed by atoms with Gasteiger partial charge in [-0.05, 0) is 36.4 Å². The SMILES string of the molecule is COC(=O)c1cccc(NC(=O)c2cc(S(=O)(=O)N3CCOCC3)ccc2N2CCOCC2)c1. The first-order valence-electron chi connectivity index (χ1n) is 10.9. The number of hydrogen-bond acceptors (Lipinski definition) is 8. The minimum absolute atomic E-state index is 0.0415. The number of morpholine rings is 2. The lowest BCUT2D eigenvalue weighted by molar-refractivity contribution is 0.0600. The van der Waals surface area contributed by atoms with E-state index in [1.807, 2.05) is 4.90 Å². The van der Waals surface area contributed by atoms with E-state index in [-0.39, 0.29) is 29.1 Å². The van der Waals surface area contributed by atoms with Crippen molar-refractivity contribution in [1.82, 2.24) is 4.31 Å². The fourth-order valence-corrected chi connectivity index (χ4v) is 5.35. The van der Waals surface area contributed by atoms with Crippen molar-refractivity contribution in [3.8, 4) is 0 Å². The van der Waals surface area contributed by atoms with Crippen molar-refractivity contribution in [2.75, 3.05) is 69.9 Å². The first-order chi connectivity index (χ1) is 16.4. The van der Waals surface area contributed by atoms with E-state index in [1.165, 1.54) is 29.6 Å². The van der Waals surface area contributed by atoms with Crippen LogP contribution in [0.25, 0.3) is 0 Å². The summed E-state index contributed by atoms with van der Waals surface area (Å²) in [4.78, 5) is 27.3. The molecular formula is C23H27N3O7S. The number of hydrogen-bond donors (Lipinski definition) is 1. The Bertz CT molecular complexity index is 1160. The predicted molar refractivity (Wildman–Crippen MR) is 125 cm³/mol. The van der Waals surface area contributed by atoms with Gasteiger partial charge >= 0.3 is 5.97 Å². The second-order valence-electron chi connectivity index (χ2n) is 7.82. The van der Waals surface area contributed by atoms with Crippen LogP contribution in [0.4, 0.5) is 11.4 Å². The van der Waals surface area contributed by atoms with Crippen LogP contribution in [0.5, 0.6) is 0 Å². The van der Waals surface area contributed by atoms with E-state index in [4.69, 9.17) is 14.2 Å². The number of carbonyl (C=O) groups excluding carboxylic acids is 2. The highest BCUT2D eigenvalue weighted by molar-refractivity contribution is 7.89. The zero-order valence-electron chi connectivity index (χ0n) is 18.9. The van der Waals surface area contributed by atoms with Crippen molar-refractivity contribution in [2.24, 2.45) is 0 Å². The van der Waals surface area contributed by atoms with Crippen molar-refractivity contribution in [3.05, 3.63) is 53.6 Å². The van der Waals surface area contributed by atoms with Crippen LogP contribution in [0.2, 0.25) is 0 Å². The van der Waals surface area contributed by atoms with E-state index in [2.05, 4.69) is 5.32 Å². The molecule has 2 aliphatic rings. The first-order valence-corrected chi connectivity index (χ1v) is 12.4. The third-order valence-corrected chi connectivity index (χ3v) is 7.61. The molecule has 2 heterocycles. The number of ether oxygens (including phenoxy) is 3. The molecule has 10 nitrogen and oxygen atoms in total. The molecule has 182 valence electrons. The van der Waals surface area contributed by atoms with E-state index < -0.39 is 21.9 Å². The Kier molecular flexibility index (Phi) is 7.47. The monoisotopic (exact) mass is 489 g/mol. The third kappa shape index (κ3) is 5.22. The topological polar surface area (TPSA) is 114 Å². The molecule has 0 bridgehead atoms. The summed E-state index contributed by atoms with van der Waals surface area (Å²) in [5.74, 6) is -1.01. The van der Waals surface area contributed by atoms with Gasteiger partial charge in [0.25, 0.3) is 5.91 Å². The molecule has 2 aromatic rings. The Labute approximate surface area is 198 Å². The molecule has 11 heteroatoms. The second-order valence-corrected chi connectivity index (χ2v) is 9.76. The third-order valence-electron chi connectivity index (χ3n) is 5.71. The Balaban J connectivity index is 1.68. The second kappa shape index (κ2) is 10.5. The van der Waals surface area contributed by atoms with Crippen LogP contribution in [0, 0.1) is 0 Å². The Morgan fingerprint density at radius 2 is 1.62 bits per heavy atom.